The number of piperazine rings is 1. The van der Waals surface area contributed by atoms with Gasteiger partial charge in [0.15, 0.2) is 5.96 Å². The van der Waals surface area contributed by atoms with Crippen molar-refractivity contribution in [1.82, 2.24) is 14.7 Å². The van der Waals surface area contributed by atoms with Gasteiger partial charge in [0, 0.05) is 52.4 Å². The van der Waals surface area contributed by atoms with Crippen molar-refractivity contribution in [3.8, 4) is 0 Å². The lowest BCUT2D eigenvalue weighted by Gasteiger charge is -2.36. The average Bonchev–Trinajstić information content (AvgIpc) is 2.58. The van der Waals surface area contributed by atoms with Crippen molar-refractivity contribution < 1.29 is 14.3 Å². The summed E-state index contributed by atoms with van der Waals surface area (Å²) < 4.78 is 10.7. The van der Waals surface area contributed by atoms with Crippen LogP contribution in [-0.4, -0.2) is 97.9 Å². The van der Waals surface area contributed by atoms with Crippen LogP contribution in [0.3, 0.4) is 0 Å². The van der Waals surface area contributed by atoms with Crippen molar-refractivity contribution in [2.75, 3.05) is 65.6 Å². The summed E-state index contributed by atoms with van der Waals surface area (Å²) in [6.07, 6.45) is 0.742. The van der Waals surface area contributed by atoms with Gasteiger partial charge in [-0.15, -0.1) is 24.0 Å². The lowest BCUT2D eigenvalue weighted by Crippen LogP contribution is -2.53. The molecular formula is C17H34IN5O3. The molecule has 2 heterocycles. The molecule has 2 aliphatic rings. The second kappa shape index (κ2) is 11.1. The molecule has 1 amide bonds. The summed E-state index contributed by atoms with van der Waals surface area (Å²) in [4.78, 5) is 22.7. The number of hydrogen-bond donors (Lipinski definition) is 1. The highest BCUT2D eigenvalue weighted by molar-refractivity contribution is 14.0. The van der Waals surface area contributed by atoms with E-state index in [1.807, 2.05) is 25.7 Å². The van der Waals surface area contributed by atoms with Crippen LogP contribution < -0.4 is 5.73 Å². The Morgan fingerprint density at radius 2 is 1.65 bits per heavy atom. The van der Waals surface area contributed by atoms with Crippen LogP contribution in [-0.2, 0) is 9.47 Å². The SMILES string of the molecule is CC(C)(C)OC(=O)N1CCN(C(N)=NCCCN2CCOCC2)CC1.I. The third-order valence-electron chi connectivity index (χ3n) is 4.27. The molecule has 2 aliphatic heterocycles. The number of ether oxygens (including phenoxy) is 2. The molecule has 2 rings (SSSR count). The van der Waals surface area contributed by atoms with Gasteiger partial charge >= 0.3 is 6.09 Å². The van der Waals surface area contributed by atoms with Gasteiger partial charge in [0.1, 0.15) is 5.60 Å². The first kappa shape index (κ1) is 23.2. The predicted octanol–water partition coefficient (Wildman–Crippen LogP) is 1.19. The number of rotatable bonds is 4. The standard InChI is InChI=1S/C17H33N5O3.HI/c1-17(2,3)25-16(23)22-9-7-21(8-10-22)15(18)19-5-4-6-20-11-13-24-14-12-20;/h4-14H2,1-3H3,(H2,18,19);1H. The van der Waals surface area contributed by atoms with Crippen LogP contribution >= 0.6 is 24.0 Å². The number of nitrogens with two attached hydrogens (primary N) is 1. The molecule has 2 N–H and O–H groups in total. The zero-order chi connectivity index (χ0) is 18.3. The summed E-state index contributed by atoms with van der Waals surface area (Å²) in [5, 5.41) is 0. The number of guanidine groups is 1. The summed E-state index contributed by atoms with van der Waals surface area (Å²) in [5.74, 6) is 0.575. The minimum Gasteiger partial charge on any atom is -0.444 e. The Hall–Kier alpha value is -0.810. The van der Waals surface area contributed by atoms with Crippen molar-refractivity contribution in [1.29, 1.82) is 0 Å². The summed E-state index contributed by atoms with van der Waals surface area (Å²) in [6, 6.07) is 0. The predicted molar refractivity (Wildman–Crippen MR) is 113 cm³/mol. The van der Waals surface area contributed by atoms with E-state index in [1.165, 1.54) is 0 Å². The van der Waals surface area contributed by atoms with Crippen LogP contribution in [0.5, 0.6) is 0 Å². The molecule has 0 aromatic carbocycles. The fourth-order valence-corrected chi connectivity index (χ4v) is 2.86. The van der Waals surface area contributed by atoms with Gasteiger partial charge in [0.2, 0.25) is 0 Å². The molecule has 0 bridgehead atoms. The number of morpholine rings is 1. The molecule has 0 atom stereocenters. The third kappa shape index (κ3) is 8.26. The second-order valence-corrected chi connectivity index (χ2v) is 7.50. The number of carbonyl (C=O) groups excluding carboxylic acids is 1. The molecule has 0 aromatic rings. The fourth-order valence-electron chi connectivity index (χ4n) is 2.86. The fraction of sp³-hybridized carbons (Fsp3) is 0.882. The van der Waals surface area contributed by atoms with Gasteiger partial charge in [-0.3, -0.25) is 9.89 Å². The van der Waals surface area contributed by atoms with Gasteiger partial charge in [-0.1, -0.05) is 0 Å². The topological polar surface area (TPSA) is 83.6 Å². The van der Waals surface area contributed by atoms with E-state index in [-0.39, 0.29) is 30.1 Å². The average molecular weight is 483 g/mol. The third-order valence-corrected chi connectivity index (χ3v) is 4.27. The zero-order valence-corrected chi connectivity index (χ0v) is 18.6. The van der Waals surface area contributed by atoms with E-state index in [9.17, 15) is 4.79 Å². The normalized spacial score (nSPS) is 19.9. The molecular weight excluding hydrogens is 449 g/mol. The first-order valence-electron chi connectivity index (χ1n) is 9.18. The van der Waals surface area contributed by atoms with E-state index in [4.69, 9.17) is 15.2 Å². The van der Waals surface area contributed by atoms with Gasteiger partial charge in [0.25, 0.3) is 0 Å². The maximum Gasteiger partial charge on any atom is 0.410 e. The van der Waals surface area contributed by atoms with Gasteiger partial charge in [0.05, 0.1) is 13.2 Å². The molecule has 0 radical (unpaired) electrons. The van der Waals surface area contributed by atoms with Crippen molar-refractivity contribution >= 4 is 36.0 Å². The van der Waals surface area contributed by atoms with E-state index in [0.29, 0.717) is 32.1 Å². The number of hydrogen-bond acceptors (Lipinski definition) is 5. The molecule has 0 aliphatic carbocycles. The van der Waals surface area contributed by atoms with Crippen molar-refractivity contribution in [3.63, 3.8) is 0 Å². The Balaban J connectivity index is 0.00000338. The maximum absolute atomic E-state index is 12.1. The highest BCUT2D eigenvalue weighted by Gasteiger charge is 2.26. The van der Waals surface area contributed by atoms with Crippen LogP contribution in [0.25, 0.3) is 0 Å². The Morgan fingerprint density at radius 3 is 2.23 bits per heavy atom. The molecule has 9 heteroatoms. The van der Waals surface area contributed by atoms with E-state index in [1.54, 1.807) is 4.90 Å². The monoisotopic (exact) mass is 483 g/mol. The Bertz CT molecular complexity index is 456. The zero-order valence-electron chi connectivity index (χ0n) is 16.3. The largest absolute Gasteiger partial charge is 0.444 e. The summed E-state index contributed by atoms with van der Waals surface area (Å²) in [7, 11) is 0. The molecule has 8 nitrogen and oxygen atoms in total. The van der Waals surface area contributed by atoms with Crippen molar-refractivity contribution in [3.05, 3.63) is 0 Å². The van der Waals surface area contributed by atoms with Crippen LogP contribution in [0, 0.1) is 0 Å². The lowest BCUT2D eigenvalue weighted by molar-refractivity contribution is 0.0186. The minimum absolute atomic E-state index is 0. The van der Waals surface area contributed by atoms with Gasteiger partial charge in [-0.2, -0.15) is 0 Å². The number of nitrogens with zero attached hydrogens (tertiary/aromatic N) is 4. The molecule has 2 fully saturated rings. The minimum atomic E-state index is -0.463. The van der Waals surface area contributed by atoms with Gasteiger partial charge in [-0.25, -0.2) is 4.79 Å². The quantitative estimate of drug-likeness (QED) is 0.280. The molecule has 0 unspecified atom stereocenters. The maximum atomic E-state index is 12.1. The molecule has 0 saturated carbocycles. The molecule has 2 saturated heterocycles. The number of aliphatic imine (C=N–C) groups is 1. The van der Waals surface area contributed by atoms with Crippen LogP contribution in [0.15, 0.2) is 4.99 Å². The number of amides is 1. The molecule has 152 valence electrons. The molecule has 0 spiro atoms. The van der Waals surface area contributed by atoms with Crippen molar-refractivity contribution in [2.45, 2.75) is 32.8 Å². The summed E-state index contributed by atoms with van der Waals surface area (Å²) >= 11 is 0. The van der Waals surface area contributed by atoms with Crippen LogP contribution in [0.4, 0.5) is 4.79 Å². The van der Waals surface area contributed by atoms with Gasteiger partial charge in [-0.05, 0) is 27.2 Å². The van der Waals surface area contributed by atoms with Crippen LogP contribution in [0.2, 0.25) is 0 Å². The van der Waals surface area contributed by atoms with E-state index >= 15 is 0 Å². The van der Waals surface area contributed by atoms with E-state index in [0.717, 1.165) is 45.8 Å². The first-order valence-corrected chi connectivity index (χ1v) is 9.18. The first-order chi connectivity index (χ1) is 11.8. The number of halogens is 1. The molecule has 26 heavy (non-hydrogen) atoms. The highest BCUT2D eigenvalue weighted by Crippen LogP contribution is 2.11. The van der Waals surface area contributed by atoms with Crippen molar-refractivity contribution in [2.24, 2.45) is 10.7 Å². The smallest absolute Gasteiger partial charge is 0.410 e. The van der Waals surface area contributed by atoms with Crippen LogP contribution in [0.1, 0.15) is 27.2 Å². The Kier molecular flexibility index (Phi) is 9.94. The molecule has 0 aromatic heterocycles. The Labute approximate surface area is 174 Å². The lowest BCUT2D eigenvalue weighted by atomic mass is 10.2. The Morgan fingerprint density at radius 1 is 1.08 bits per heavy atom. The second-order valence-electron chi connectivity index (χ2n) is 7.50. The number of carbonyl (C=O) groups is 1. The summed E-state index contributed by atoms with van der Waals surface area (Å²) in [6.45, 7) is 13.7. The van der Waals surface area contributed by atoms with Gasteiger partial charge < -0.3 is 25.0 Å². The van der Waals surface area contributed by atoms with E-state index in [2.05, 4.69) is 9.89 Å². The summed E-state index contributed by atoms with van der Waals surface area (Å²) in [5.41, 5.74) is 5.64. The van der Waals surface area contributed by atoms with E-state index < -0.39 is 5.60 Å². The highest BCUT2D eigenvalue weighted by atomic mass is 127.